The standard InChI is InChI=1S/C19H22N2O6S/c1-13(2)20-28(24,25)15-9-7-8-14(12-15)21-11-6-5-10-16(18(22)26-3)17(21)19(23)27-4/h5-13,20H,1-4H3. The minimum atomic E-state index is -3.75. The summed E-state index contributed by atoms with van der Waals surface area (Å²) in [6.07, 6.45) is 6.12. The number of sulfonamides is 1. The van der Waals surface area contributed by atoms with E-state index < -0.39 is 22.0 Å². The van der Waals surface area contributed by atoms with Crippen molar-refractivity contribution in [3.8, 4) is 0 Å². The molecule has 0 fully saturated rings. The van der Waals surface area contributed by atoms with Gasteiger partial charge in [-0.05, 0) is 44.2 Å². The van der Waals surface area contributed by atoms with Gasteiger partial charge in [0.1, 0.15) is 5.70 Å². The number of nitrogens with zero attached hydrogens (tertiary/aromatic N) is 1. The van der Waals surface area contributed by atoms with Crippen LogP contribution >= 0.6 is 0 Å². The van der Waals surface area contributed by atoms with Crippen molar-refractivity contribution in [3.63, 3.8) is 0 Å². The molecular weight excluding hydrogens is 384 g/mol. The number of benzene rings is 1. The maximum Gasteiger partial charge on any atom is 0.355 e. The normalized spacial score (nSPS) is 14.2. The third-order valence-corrected chi connectivity index (χ3v) is 5.34. The van der Waals surface area contributed by atoms with E-state index in [1.807, 2.05) is 0 Å². The maximum absolute atomic E-state index is 12.5. The zero-order valence-corrected chi connectivity index (χ0v) is 16.8. The molecule has 0 spiro atoms. The zero-order chi connectivity index (χ0) is 20.9. The largest absolute Gasteiger partial charge is 0.465 e. The summed E-state index contributed by atoms with van der Waals surface area (Å²) in [7, 11) is -1.36. The van der Waals surface area contributed by atoms with E-state index in [9.17, 15) is 18.0 Å². The van der Waals surface area contributed by atoms with Crippen molar-refractivity contribution in [2.24, 2.45) is 0 Å². The number of hydrogen-bond donors (Lipinski definition) is 1. The lowest BCUT2D eigenvalue weighted by molar-refractivity contribution is -0.139. The Bertz CT molecular complexity index is 960. The number of allylic oxidation sites excluding steroid dienone is 2. The van der Waals surface area contributed by atoms with E-state index in [0.717, 1.165) is 0 Å². The first kappa shape index (κ1) is 21.4. The third kappa shape index (κ3) is 4.68. The van der Waals surface area contributed by atoms with Gasteiger partial charge in [0.25, 0.3) is 0 Å². The molecule has 0 bridgehead atoms. The van der Waals surface area contributed by atoms with Crippen molar-refractivity contribution in [2.45, 2.75) is 24.8 Å². The van der Waals surface area contributed by atoms with Crippen molar-refractivity contribution >= 4 is 27.6 Å². The van der Waals surface area contributed by atoms with E-state index in [-0.39, 0.29) is 22.2 Å². The van der Waals surface area contributed by atoms with Crippen LogP contribution in [0.4, 0.5) is 5.69 Å². The molecule has 0 aliphatic carbocycles. The molecule has 8 nitrogen and oxygen atoms in total. The maximum atomic E-state index is 12.5. The molecule has 0 saturated carbocycles. The minimum Gasteiger partial charge on any atom is -0.465 e. The van der Waals surface area contributed by atoms with Crippen LogP contribution in [0.15, 0.2) is 64.9 Å². The average molecular weight is 406 g/mol. The molecule has 1 N–H and O–H groups in total. The van der Waals surface area contributed by atoms with E-state index in [4.69, 9.17) is 9.47 Å². The van der Waals surface area contributed by atoms with Crippen LogP contribution in [0.5, 0.6) is 0 Å². The number of ether oxygens (including phenoxy) is 2. The van der Waals surface area contributed by atoms with Crippen molar-refractivity contribution < 1.29 is 27.5 Å². The van der Waals surface area contributed by atoms with Gasteiger partial charge in [-0.25, -0.2) is 22.7 Å². The summed E-state index contributed by atoms with van der Waals surface area (Å²) in [6.45, 7) is 3.43. The Hall–Kier alpha value is -2.91. The monoisotopic (exact) mass is 406 g/mol. The quantitative estimate of drug-likeness (QED) is 0.720. The Labute approximate surface area is 164 Å². The van der Waals surface area contributed by atoms with Crippen molar-refractivity contribution in [2.75, 3.05) is 19.1 Å². The predicted molar refractivity (Wildman–Crippen MR) is 104 cm³/mol. The second-order valence-electron chi connectivity index (χ2n) is 6.09. The lowest BCUT2D eigenvalue weighted by Gasteiger charge is -2.23. The highest BCUT2D eigenvalue weighted by atomic mass is 32.2. The third-order valence-electron chi connectivity index (χ3n) is 3.69. The summed E-state index contributed by atoms with van der Waals surface area (Å²) in [5, 5.41) is 0. The van der Waals surface area contributed by atoms with Gasteiger partial charge in [-0.1, -0.05) is 12.1 Å². The Balaban J connectivity index is 2.63. The molecule has 0 amide bonds. The van der Waals surface area contributed by atoms with Gasteiger partial charge in [-0.15, -0.1) is 0 Å². The Morgan fingerprint density at radius 3 is 2.36 bits per heavy atom. The Morgan fingerprint density at radius 1 is 1.07 bits per heavy atom. The second kappa shape index (κ2) is 8.85. The predicted octanol–water partition coefficient (Wildman–Crippen LogP) is 1.86. The molecule has 0 radical (unpaired) electrons. The molecule has 1 aromatic rings. The SMILES string of the molecule is COC(=O)C1=C(C(=O)OC)N(c2cccc(S(=O)(=O)NC(C)C)c2)C=CC=C1. The van der Waals surface area contributed by atoms with Crippen molar-refractivity contribution in [1.82, 2.24) is 4.72 Å². The topological polar surface area (TPSA) is 102 Å². The van der Waals surface area contributed by atoms with Gasteiger partial charge in [-0.3, -0.25) is 0 Å². The number of carbonyl (C=O) groups is 2. The van der Waals surface area contributed by atoms with Crippen molar-refractivity contribution in [3.05, 3.63) is 60.0 Å². The van der Waals surface area contributed by atoms with Gasteiger partial charge >= 0.3 is 11.9 Å². The van der Waals surface area contributed by atoms with Crippen LogP contribution in [-0.2, 0) is 29.1 Å². The second-order valence-corrected chi connectivity index (χ2v) is 7.80. The number of rotatable bonds is 6. The molecule has 150 valence electrons. The summed E-state index contributed by atoms with van der Waals surface area (Å²) in [5.41, 5.74) is 0.243. The smallest absolute Gasteiger partial charge is 0.355 e. The molecule has 0 aromatic heterocycles. The van der Waals surface area contributed by atoms with Gasteiger partial charge in [0.05, 0.1) is 24.7 Å². The molecule has 9 heteroatoms. The number of methoxy groups -OCH3 is 2. The number of esters is 2. The lowest BCUT2D eigenvalue weighted by atomic mass is 10.1. The highest BCUT2D eigenvalue weighted by Gasteiger charge is 2.28. The minimum absolute atomic E-state index is 0.0204. The van der Waals surface area contributed by atoms with Crippen LogP contribution in [0.25, 0.3) is 0 Å². The van der Waals surface area contributed by atoms with Gasteiger partial charge in [0.15, 0.2) is 0 Å². The van der Waals surface area contributed by atoms with E-state index in [0.29, 0.717) is 5.69 Å². The lowest BCUT2D eigenvalue weighted by Crippen LogP contribution is -2.30. The molecule has 1 heterocycles. The molecule has 28 heavy (non-hydrogen) atoms. The van der Waals surface area contributed by atoms with Crippen LogP contribution in [0.1, 0.15) is 13.8 Å². The molecule has 1 aliphatic rings. The Morgan fingerprint density at radius 2 is 1.75 bits per heavy atom. The van der Waals surface area contributed by atoms with E-state index in [1.54, 1.807) is 38.1 Å². The zero-order valence-electron chi connectivity index (χ0n) is 16.0. The summed E-state index contributed by atoms with van der Waals surface area (Å²) in [5.74, 6) is -1.50. The van der Waals surface area contributed by atoms with Crippen LogP contribution < -0.4 is 9.62 Å². The fraction of sp³-hybridized carbons (Fsp3) is 0.263. The Kier molecular flexibility index (Phi) is 6.76. The first-order valence-electron chi connectivity index (χ1n) is 8.38. The number of nitrogens with one attached hydrogen (secondary N) is 1. The number of anilines is 1. The van der Waals surface area contributed by atoms with Gasteiger partial charge in [0.2, 0.25) is 10.0 Å². The molecule has 0 saturated heterocycles. The van der Waals surface area contributed by atoms with E-state index >= 15 is 0 Å². The van der Waals surface area contributed by atoms with Crippen LogP contribution in [-0.4, -0.2) is 40.6 Å². The van der Waals surface area contributed by atoms with Crippen LogP contribution in [0, 0.1) is 0 Å². The van der Waals surface area contributed by atoms with Crippen LogP contribution in [0.2, 0.25) is 0 Å². The van der Waals surface area contributed by atoms with Gasteiger partial charge in [0, 0.05) is 17.9 Å². The molecule has 0 atom stereocenters. The summed E-state index contributed by atoms with van der Waals surface area (Å²) < 4.78 is 37.1. The average Bonchev–Trinajstić information content (AvgIpc) is 2.88. The first-order valence-corrected chi connectivity index (χ1v) is 9.87. The van der Waals surface area contributed by atoms with Gasteiger partial charge < -0.3 is 14.4 Å². The number of hydrogen-bond acceptors (Lipinski definition) is 7. The fourth-order valence-electron chi connectivity index (χ4n) is 2.54. The molecule has 1 aliphatic heterocycles. The molecule has 0 unspecified atom stereocenters. The van der Waals surface area contributed by atoms with Crippen molar-refractivity contribution in [1.29, 1.82) is 0 Å². The summed E-state index contributed by atoms with van der Waals surface area (Å²) in [6, 6.07) is 5.72. The highest BCUT2D eigenvalue weighted by molar-refractivity contribution is 7.89. The molecule has 2 rings (SSSR count). The van der Waals surface area contributed by atoms with Gasteiger partial charge in [-0.2, -0.15) is 0 Å². The summed E-state index contributed by atoms with van der Waals surface area (Å²) >= 11 is 0. The molecule has 1 aromatic carbocycles. The van der Waals surface area contributed by atoms with E-state index in [1.165, 1.54) is 43.5 Å². The first-order chi connectivity index (χ1) is 13.2. The number of carbonyl (C=O) groups excluding carboxylic acids is 2. The van der Waals surface area contributed by atoms with E-state index in [2.05, 4.69) is 4.72 Å². The fourth-order valence-corrected chi connectivity index (χ4v) is 3.83. The summed E-state index contributed by atoms with van der Waals surface area (Å²) in [4.78, 5) is 26.0. The van der Waals surface area contributed by atoms with Crippen LogP contribution in [0.3, 0.4) is 0 Å². The molecular formula is C19H22N2O6S. The highest BCUT2D eigenvalue weighted by Crippen LogP contribution is 2.28.